The lowest BCUT2D eigenvalue weighted by molar-refractivity contribution is -0.149. The van der Waals surface area contributed by atoms with Crippen molar-refractivity contribution in [1.29, 1.82) is 0 Å². The molecule has 1 atom stereocenters. The van der Waals surface area contributed by atoms with Gasteiger partial charge in [-0.25, -0.2) is 4.79 Å². The van der Waals surface area contributed by atoms with Gasteiger partial charge < -0.3 is 19.7 Å². The number of carbonyl (C=O) groups is 3. The summed E-state index contributed by atoms with van der Waals surface area (Å²) in [4.78, 5) is 38.2. The van der Waals surface area contributed by atoms with Crippen LogP contribution in [0, 0.1) is 0 Å². The molecular formula is C22H26N2O5. The quantitative estimate of drug-likeness (QED) is 0.657. The van der Waals surface area contributed by atoms with Crippen LogP contribution in [0.1, 0.15) is 25.0 Å². The maximum Gasteiger partial charge on any atom is 0.408 e. The van der Waals surface area contributed by atoms with E-state index in [1.807, 2.05) is 60.7 Å². The molecule has 2 aromatic carbocycles. The van der Waals surface area contributed by atoms with E-state index in [-0.39, 0.29) is 26.3 Å². The van der Waals surface area contributed by atoms with E-state index in [0.29, 0.717) is 0 Å². The molecule has 0 heterocycles. The molecule has 2 rings (SSSR count). The molecule has 2 amide bonds. The molecule has 0 bridgehead atoms. The van der Waals surface area contributed by atoms with Crippen molar-refractivity contribution in [2.45, 2.75) is 33.0 Å². The molecule has 0 fully saturated rings. The zero-order chi connectivity index (χ0) is 21.1. The minimum atomic E-state index is -0.864. The van der Waals surface area contributed by atoms with Crippen molar-refractivity contribution < 1.29 is 23.9 Å². The van der Waals surface area contributed by atoms with E-state index in [4.69, 9.17) is 9.47 Å². The molecule has 0 saturated carbocycles. The minimum absolute atomic E-state index is 0.101. The fourth-order valence-corrected chi connectivity index (χ4v) is 2.66. The smallest absolute Gasteiger partial charge is 0.408 e. The number of carbonyl (C=O) groups excluding carboxylic acids is 3. The summed E-state index contributed by atoms with van der Waals surface area (Å²) in [5.41, 5.74) is 1.71. The summed E-state index contributed by atoms with van der Waals surface area (Å²) >= 11 is 0. The molecule has 2 aromatic rings. The Morgan fingerprint density at radius 2 is 1.52 bits per heavy atom. The van der Waals surface area contributed by atoms with Crippen LogP contribution in [0.4, 0.5) is 4.79 Å². The van der Waals surface area contributed by atoms with Crippen LogP contribution in [0.15, 0.2) is 60.7 Å². The normalized spacial score (nSPS) is 11.2. The average molecular weight is 398 g/mol. The number of nitrogens with zero attached hydrogens (tertiary/aromatic N) is 1. The molecular weight excluding hydrogens is 372 g/mol. The van der Waals surface area contributed by atoms with Crippen LogP contribution < -0.4 is 5.32 Å². The molecule has 7 heteroatoms. The highest BCUT2D eigenvalue weighted by Gasteiger charge is 2.25. The van der Waals surface area contributed by atoms with Gasteiger partial charge in [0.05, 0.1) is 6.61 Å². The Bertz CT molecular complexity index is 795. The number of alkyl carbamates (subject to hydrolysis) is 1. The predicted octanol–water partition coefficient (Wildman–Crippen LogP) is 2.89. The van der Waals surface area contributed by atoms with Gasteiger partial charge in [-0.15, -0.1) is 0 Å². The lowest BCUT2D eigenvalue weighted by Crippen LogP contribution is -2.48. The third kappa shape index (κ3) is 7.65. The van der Waals surface area contributed by atoms with Gasteiger partial charge in [0.2, 0.25) is 5.91 Å². The van der Waals surface area contributed by atoms with Gasteiger partial charge in [0.15, 0.2) is 0 Å². The predicted molar refractivity (Wildman–Crippen MR) is 108 cm³/mol. The standard InChI is InChI=1S/C22H26N2O5/c1-3-28-20(25)15-24(14-18-10-6-4-7-11-18)21(26)17(2)23-22(27)29-16-19-12-8-5-9-13-19/h4-13,17H,3,14-16H2,1-2H3,(H,23,27). The molecule has 1 unspecified atom stereocenters. The Hall–Kier alpha value is -3.35. The van der Waals surface area contributed by atoms with E-state index < -0.39 is 24.0 Å². The molecule has 0 aromatic heterocycles. The van der Waals surface area contributed by atoms with Crippen LogP contribution in [-0.4, -0.2) is 42.1 Å². The molecule has 0 aliphatic rings. The number of amides is 2. The Labute approximate surface area is 170 Å². The maximum absolute atomic E-state index is 12.8. The average Bonchev–Trinajstić information content (AvgIpc) is 2.73. The third-order valence-corrected chi connectivity index (χ3v) is 4.07. The number of hydrogen-bond acceptors (Lipinski definition) is 5. The molecule has 0 radical (unpaired) electrons. The highest BCUT2D eigenvalue weighted by atomic mass is 16.5. The lowest BCUT2D eigenvalue weighted by atomic mass is 10.2. The molecule has 0 spiro atoms. The number of rotatable bonds is 9. The van der Waals surface area contributed by atoms with E-state index in [2.05, 4.69) is 5.32 Å². The molecule has 0 aliphatic carbocycles. The zero-order valence-corrected chi connectivity index (χ0v) is 16.7. The monoisotopic (exact) mass is 398 g/mol. The Kier molecular flexibility index (Phi) is 8.69. The van der Waals surface area contributed by atoms with E-state index in [1.165, 1.54) is 4.90 Å². The summed E-state index contributed by atoms with van der Waals surface area (Å²) < 4.78 is 10.1. The van der Waals surface area contributed by atoms with Gasteiger partial charge in [0.25, 0.3) is 0 Å². The van der Waals surface area contributed by atoms with Crippen molar-refractivity contribution >= 4 is 18.0 Å². The highest BCUT2D eigenvalue weighted by molar-refractivity contribution is 5.88. The maximum atomic E-state index is 12.8. The van der Waals surface area contributed by atoms with Gasteiger partial charge in [-0.1, -0.05) is 60.7 Å². The Balaban J connectivity index is 1.96. The van der Waals surface area contributed by atoms with Crippen LogP contribution in [0.2, 0.25) is 0 Å². The van der Waals surface area contributed by atoms with Crippen molar-refractivity contribution in [3.05, 3.63) is 71.8 Å². The summed E-state index contributed by atoms with van der Waals surface area (Å²) in [6.45, 7) is 3.61. The van der Waals surface area contributed by atoms with Crippen molar-refractivity contribution in [3.8, 4) is 0 Å². The summed E-state index contributed by atoms with van der Waals surface area (Å²) in [6.07, 6.45) is -0.703. The van der Waals surface area contributed by atoms with E-state index in [9.17, 15) is 14.4 Å². The van der Waals surface area contributed by atoms with Gasteiger partial charge in [0.1, 0.15) is 19.2 Å². The summed E-state index contributed by atoms with van der Waals surface area (Å²) in [7, 11) is 0. The molecule has 0 aliphatic heterocycles. The summed E-state index contributed by atoms with van der Waals surface area (Å²) in [6, 6.07) is 17.7. The number of nitrogens with one attached hydrogen (secondary N) is 1. The first kappa shape index (κ1) is 21.9. The second kappa shape index (κ2) is 11.5. The van der Waals surface area contributed by atoms with Gasteiger partial charge in [-0.05, 0) is 25.0 Å². The number of hydrogen-bond donors (Lipinski definition) is 1. The SMILES string of the molecule is CCOC(=O)CN(Cc1ccccc1)C(=O)C(C)NC(=O)OCc1ccccc1. The highest BCUT2D eigenvalue weighted by Crippen LogP contribution is 2.08. The van der Waals surface area contributed by atoms with E-state index >= 15 is 0 Å². The number of ether oxygens (including phenoxy) is 2. The van der Waals surface area contributed by atoms with E-state index in [0.717, 1.165) is 11.1 Å². The van der Waals surface area contributed by atoms with Crippen LogP contribution in [-0.2, 0) is 32.2 Å². The second-order valence-corrected chi connectivity index (χ2v) is 6.41. The molecule has 154 valence electrons. The van der Waals surface area contributed by atoms with Gasteiger partial charge in [-0.3, -0.25) is 9.59 Å². The van der Waals surface area contributed by atoms with Gasteiger partial charge in [-0.2, -0.15) is 0 Å². The van der Waals surface area contributed by atoms with Gasteiger partial charge in [0, 0.05) is 6.54 Å². The topological polar surface area (TPSA) is 84.9 Å². The molecule has 1 N–H and O–H groups in total. The third-order valence-electron chi connectivity index (χ3n) is 4.07. The first-order valence-electron chi connectivity index (χ1n) is 9.45. The van der Waals surface area contributed by atoms with Crippen LogP contribution in [0.3, 0.4) is 0 Å². The first-order valence-corrected chi connectivity index (χ1v) is 9.45. The Morgan fingerprint density at radius 1 is 0.931 bits per heavy atom. The largest absolute Gasteiger partial charge is 0.465 e. The summed E-state index contributed by atoms with van der Waals surface area (Å²) in [5, 5.41) is 2.52. The van der Waals surface area contributed by atoms with Crippen molar-refractivity contribution in [1.82, 2.24) is 10.2 Å². The first-order chi connectivity index (χ1) is 14.0. The van der Waals surface area contributed by atoms with Crippen LogP contribution >= 0.6 is 0 Å². The van der Waals surface area contributed by atoms with Crippen LogP contribution in [0.5, 0.6) is 0 Å². The molecule has 0 saturated heterocycles. The van der Waals surface area contributed by atoms with Crippen molar-refractivity contribution in [2.75, 3.05) is 13.2 Å². The van der Waals surface area contributed by atoms with E-state index in [1.54, 1.807) is 13.8 Å². The van der Waals surface area contributed by atoms with Crippen LogP contribution in [0.25, 0.3) is 0 Å². The lowest BCUT2D eigenvalue weighted by Gasteiger charge is -2.25. The summed E-state index contributed by atoms with van der Waals surface area (Å²) in [5.74, 6) is -0.908. The molecule has 7 nitrogen and oxygen atoms in total. The van der Waals surface area contributed by atoms with Gasteiger partial charge >= 0.3 is 12.1 Å². The van der Waals surface area contributed by atoms with Crippen molar-refractivity contribution in [3.63, 3.8) is 0 Å². The number of benzene rings is 2. The van der Waals surface area contributed by atoms with Crippen molar-refractivity contribution in [2.24, 2.45) is 0 Å². The molecule has 29 heavy (non-hydrogen) atoms. The second-order valence-electron chi connectivity index (χ2n) is 6.41. The fraction of sp³-hybridized carbons (Fsp3) is 0.318. The zero-order valence-electron chi connectivity index (χ0n) is 16.7. The minimum Gasteiger partial charge on any atom is -0.465 e. The fourth-order valence-electron chi connectivity index (χ4n) is 2.66. The Morgan fingerprint density at radius 3 is 2.10 bits per heavy atom. The number of esters is 1.